The van der Waals surface area contributed by atoms with E-state index in [1.54, 1.807) is 27.7 Å². The molecule has 0 unspecified atom stereocenters. The number of nitrogens with zero attached hydrogens (tertiary/aromatic N) is 1. The van der Waals surface area contributed by atoms with E-state index in [0.29, 0.717) is 6.42 Å². The highest BCUT2D eigenvalue weighted by Crippen LogP contribution is 2.12. The molecule has 27 heteroatoms. The minimum absolute atomic E-state index is 0.0355. The minimum atomic E-state index is -1.76. The number of primary amides is 2. The number of rotatable bonds is 31. The molecular formula is C38H69N13O13S. The van der Waals surface area contributed by atoms with Gasteiger partial charge in [-0.05, 0) is 44.9 Å². The summed E-state index contributed by atoms with van der Waals surface area (Å²) in [4.78, 5) is 133. The van der Waals surface area contributed by atoms with Gasteiger partial charge < -0.3 is 81.2 Å². The SMILES string of the molecule is CC[C@H](C)[C@H](NC(=O)[C@H](CCCN=C(N)N)NC(=O)[C@@H](NC(=O)[C@H](CS)NC(=O)[C@@H](NC(=O)[C@H](CC(N)=O)NC(=O)[C@H](CCC(N)=O)NC(=O)[C@@H](N)[C@@H](C)O)[C@@H](C)CC)[C@@H](C)O)C(=O)O. The average molecular weight is 948 g/mol. The third-order valence-corrected chi connectivity index (χ3v) is 10.6. The van der Waals surface area contributed by atoms with E-state index in [0.717, 1.165) is 6.92 Å². The van der Waals surface area contributed by atoms with Crippen molar-refractivity contribution in [3.05, 3.63) is 0 Å². The van der Waals surface area contributed by atoms with E-state index >= 15 is 0 Å². The fraction of sp³-hybridized carbons (Fsp3) is 0.711. The molecule has 0 rings (SSSR count). The van der Waals surface area contributed by atoms with Crippen LogP contribution in [0, 0.1) is 11.8 Å². The van der Waals surface area contributed by atoms with E-state index in [-0.39, 0.29) is 38.2 Å². The van der Waals surface area contributed by atoms with Crippen molar-refractivity contribution in [2.24, 2.45) is 45.5 Å². The zero-order chi connectivity index (χ0) is 50.3. The lowest BCUT2D eigenvalue weighted by Crippen LogP contribution is -2.62. The molecule has 0 aliphatic carbocycles. The summed E-state index contributed by atoms with van der Waals surface area (Å²) in [5.41, 5.74) is 27.0. The molecule has 9 amide bonds. The molecule has 0 aromatic rings. The quantitative estimate of drug-likeness (QED) is 0.0133. The number of hydrogen-bond acceptors (Lipinski definition) is 15. The van der Waals surface area contributed by atoms with Gasteiger partial charge in [0.25, 0.3) is 0 Å². The van der Waals surface area contributed by atoms with Crippen molar-refractivity contribution >= 4 is 77.7 Å². The summed E-state index contributed by atoms with van der Waals surface area (Å²) in [5, 5.41) is 46.5. The lowest BCUT2D eigenvalue weighted by Gasteiger charge is -2.29. The maximum Gasteiger partial charge on any atom is 0.326 e. The van der Waals surface area contributed by atoms with Gasteiger partial charge in [-0.2, -0.15) is 12.6 Å². The molecule has 0 aliphatic heterocycles. The highest BCUT2D eigenvalue weighted by atomic mass is 32.1. The molecule has 0 fully saturated rings. The van der Waals surface area contributed by atoms with Gasteiger partial charge in [-0.1, -0.05) is 40.5 Å². The number of amides is 9. The number of aliphatic imine (C=N–C) groups is 1. The molecule has 0 radical (unpaired) electrons. The summed E-state index contributed by atoms with van der Waals surface area (Å²) in [6.45, 7) is 8.96. The first-order chi connectivity index (χ1) is 30.2. The highest BCUT2D eigenvalue weighted by Gasteiger charge is 2.37. The number of aliphatic carboxylic acids is 1. The van der Waals surface area contributed by atoms with Crippen LogP contribution in [-0.4, -0.2) is 153 Å². The van der Waals surface area contributed by atoms with Gasteiger partial charge in [0.15, 0.2) is 5.96 Å². The number of aliphatic hydroxyl groups excluding tert-OH is 2. The Morgan fingerprint density at radius 2 is 0.985 bits per heavy atom. The topological polar surface area (TPSA) is 458 Å². The van der Waals surface area contributed by atoms with Crippen LogP contribution in [0.15, 0.2) is 4.99 Å². The Morgan fingerprint density at radius 1 is 0.554 bits per heavy atom. The molecule has 0 heterocycles. The summed E-state index contributed by atoms with van der Waals surface area (Å²) in [6.07, 6.45) is -3.87. The van der Waals surface area contributed by atoms with Crippen LogP contribution in [0.5, 0.6) is 0 Å². The second-order valence-electron chi connectivity index (χ2n) is 15.6. The van der Waals surface area contributed by atoms with E-state index in [9.17, 15) is 63.3 Å². The number of guanidine groups is 1. The van der Waals surface area contributed by atoms with Crippen LogP contribution in [-0.2, 0) is 47.9 Å². The molecule has 0 saturated carbocycles. The van der Waals surface area contributed by atoms with Gasteiger partial charge >= 0.3 is 5.97 Å². The van der Waals surface area contributed by atoms with Crippen molar-refractivity contribution in [3.63, 3.8) is 0 Å². The van der Waals surface area contributed by atoms with Crippen LogP contribution >= 0.6 is 12.6 Å². The van der Waals surface area contributed by atoms with Crippen LogP contribution in [0.2, 0.25) is 0 Å². The summed E-state index contributed by atoms with van der Waals surface area (Å²) in [5.74, 6) is -12.2. The second kappa shape index (κ2) is 29.6. The molecule has 20 N–H and O–H groups in total. The number of carbonyl (C=O) groups is 10. The summed E-state index contributed by atoms with van der Waals surface area (Å²) < 4.78 is 0. The summed E-state index contributed by atoms with van der Waals surface area (Å²) in [6, 6.07) is -12.2. The molecule has 12 atom stereocenters. The zero-order valence-electron chi connectivity index (χ0n) is 37.5. The zero-order valence-corrected chi connectivity index (χ0v) is 38.4. The predicted octanol–water partition coefficient (Wildman–Crippen LogP) is -6.23. The summed E-state index contributed by atoms with van der Waals surface area (Å²) >= 11 is 4.15. The first-order valence-electron chi connectivity index (χ1n) is 20.9. The molecular weight excluding hydrogens is 879 g/mol. The monoisotopic (exact) mass is 947 g/mol. The smallest absolute Gasteiger partial charge is 0.326 e. The van der Waals surface area contributed by atoms with Crippen LogP contribution < -0.4 is 65.9 Å². The fourth-order valence-corrected chi connectivity index (χ4v) is 6.02. The van der Waals surface area contributed by atoms with Gasteiger partial charge in [0.2, 0.25) is 53.2 Å². The molecule has 0 saturated heterocycles. The Kier molecular flexibility index (Phi) is 27.0. The number of nitrogens with two attached hydrogens (primary N) is 5. The Morgan fingerprint density at radius 3 is 1.46 bits per heavy atom. The van der Waals surface area contributed by atoms with E-state index in [1.807, 2.05) is 0 Å². The predicted molar refractivity (Wildman–Crippen MR) is 237 cm³/mol. The van der Waals surface area contributed by atoms with Crippen molar-refractivity contribution < 1.29 is 63.3 Å². The van der Waals surface area contributed by atoms with E-state index in [1.165, 1.54) is 6.92 Å². The average Bonchev–Trinajstić information content (AvgIpc) is 3.22. The maximum atomic E-state index is 13.8. The van der Waals surface area contributed by atoms with E-state index in [4.69, 9.17) is 28.7 Å². The Balaban J connectivity index is 6.40. The number of hydrogen-bond donors (Lipinski definition) is 16. The second-order valence-corrected chi connectivity index (χ2v) is 16.0. The molecule has 0 aromatic heterocycles. The van der Waals surface area contributed by atoms with Crippen molar-refractivity contribution in [1.82, 2.24) is 37.2 Å². The normalized spacial score (nSPS) is 16.6. The van der Waals surface area contributed by atoms with Gasteiger partial charge in [-0.15, -0.1) is 0 Å². The number of thiol groups is 1. The van der Waals surface area contributed by atoms with Gasteiger partial charge in [-0.3, -0.25) is 48.1 Å². The number of nitrogens with one attached hydrogen (secondary N) is 7. The maximum absolute atomic E-state index is 13.8. The lowest BCUT2D eigenvalue weighted by atomic mass is 9.97. The highest BCUT2D eigenvalue weighted by molar-refractivity contribution is 7.80. The lowest BCUT2D eigenvalue weighted by molar-refractivity contribution is -0.144. The van der Waals surface area contributed by atoms with E-state index in [2.05, 4.69) is 54.8 Å². The van der Waals surface area contributed by atoms with Crippen molar-refractivity contribution in [3.8, 4) is 0 Å². The van der Waals surface area contributed by atoms with Gasteiger partial charge in [0.1, 0.15) is 48.3 Å². The molecule has 0 bridgehead atoms. The van der Waals surface area contributed by atoms with Crippen LogP contribution in [0.4, 0.5) is 0 Å². The van der Waals surface area contributed by atoms with Gasteiger partial charge in [0.05, 0.1) is 18.6 Å². The Bertz CT molecular complexity index is 1700. The third-order valence-electron chi connectivity index (χ3n) is 10.2. The van der Waals surface area contributed by atoms with Crippen LogP contribution in [0.1, 0.15) is 86.5 Å². The number of aliphatic hydroxyl groups is 2. The van der Waals surface area contributed by atoms with Crippen molar-refractivity contribution in [1.29, 1.82) is 0 Å². The first kappa shape index (κ1) is 59.2. The van der Waals surface area contributed by atoms with E-state index < -0.39 is 150 Å². The molecule has 65 heavy (non-hydrogen) atoms. The van der Waals surface area contributed by atoms with Crippen molar-refractivity contribution in [2.75, 3.05) is 12.3 Å². The molecule has 0 aromatic carbocycles. The number of carboxylic acids is 1. The Hall–Kier alpha value is -5.80. The van der Waals surface area contributed by atoms with Crippen LogP contribution in [0.3, 0.4) is 0 Å². The van der Waals surface area contributed by atoms with Crippen LogP contribution in [0.25, 0.3) is 0 Å². The van der Waals surface area contributed by atoms with Gasteiger partial charge in [0, 0.05) is 18.7 Å². The molecule has 0 aliphatic rings. The number of carbonyl (C=O) groups excluding carboxylic acids is 9. The van der Waals surface area contributed by atoms with Crippen molar-refractivity contribution in [2.45, 2.75) is 147 Å². The van der Waals surface area contributed by atoms with Gasteiger partial charge in [-0.25, -0.2) is 4.79 Å². The molecule has 0 spiro atoms. The molecule has 370 valence electrons. The Labute approximate surface area is 382 Å². The standard InChI is InChI=1S/C38H69N13O13S/c1-7-16(3)27(49-32(58)22(14-25(40)55)47-30(56)21(11-12-24(39)54)45-34(60)26(41)18(5)52)35(61)48-23(15-65)33(59)51-29(19(6)53)36(62)46-20(10-9-13-44-38(42)43)31(57)50-28(37(63)64)17(4)8-2/h16-23,26-29,52-53,65H,7-15,41H2,1-6H3,(H2,39,54)(H2,40,55)(H,45,60)(H,46,62)(H,47,56)(H,48,61)(H,49,58)(H,50,57)(H,51,59)(H,63,64)(H4,42,43,44)/t16-,17-,18+,19+,20-,21-,22-,23-,26-,27-,28-,29-/m0/s1. The first-order valence-corrected chi connectivity index (χ1v) is 21.6. The largest absolute Gasteiger partial charge is 0.480 e. The summed E-state index contributed by atoms with van der Waals surface area (Å²) in [7, 11) is 0. The molecule has 26 nitrogen and oxygen atoms in total. The fourth-order valence-electron chi connectivity index (χ4n) is 5.77. The minimum Gasteiger partial charge on any atom is -0.480 e. The number of carboxylic acid groups (broad SMARTS) is 1. The third kappa shape index (κ3) is 21.6.